The Morgan fingerprint density at radius 3 is 2.41 bits per heavy atom. The molecule has 0 bridgehead atoms. The van der Waals surface area contributed by atoms with Crippen molar-refractivity contribution in [1.82, 2.24) is 4.90 Å². The number of amides is 1. The van der Waals surface area contributed by atoms with E-state index in [4.69, 9.17) is 4.74 Å². The van der Waals surface area contributed by atoms with E-state index in [2.05, 4.69) is 6.07 Å². The molecule has 1 atom stereocenters. The Hall–Kier alpha value is -2.02. The summed E-state index contributed by atoms with van der Waals surface area (Å²) in [4.78, 5) is 14.3. The summed E-state index contributed by atoms with van der Waals surface area (Å²) >= 11 is 0. The largest absolute Gasteiger partial charge is 0.494 e. The van der Waals surface area contributed by atoms with E-state index in [1.54, 1.807) is 0 Å². The van der Waals surface area contributed by atoms with Crippen LogP contribution in [0.4, 0.5) is 0 Å². The molecular weight excluding hydrogens is 276 g/mol. The van der Waals surface area contributed by atoms with Gasteiger partial charge in [-0.25, -0.2) is 0 Å². The molecule has 4 nitrogen and oxygen atoms in total. The number of hydrogen-bond donors (Lipinski definition) is 0. The normalized spacial score (nSPS) is 16.5. The van der Waals surface area contributed by atoms with E-state index < -0.39 is 0 Å². The Kier molecular flexibility index (Phi) is 6.27. The molecule has 1 saturated heterocycles. The summed E-state index contributed by atoms with van der Waals surface area (Å²) in [6.07, 6.45) is 4.82. The molecule has 118 valence electrons. The first-order valence-electron chi connectivity index (χ1n) is 8.14. The summed E-state index contributed by atoms with van der Waals surface area (Å²) in [5, 5.41) is 9.40. The maximum atomic E-state index is 12.4. The lowest BCUT2D eigenvalue weighted by Gasteiger charge is -2.21. The second kappa shape index (κ2) is 8.43. The second-order valence-corrected chi connectivity index (χ2v) is 5.68. The van der Waals surface area contributed by atoms with Crippen molar-refractivity contribution in [2.75, 3.05) is 19.7 Å². The molecule has 2 rings (SSSR count). The molecule has 0 aromatic heterocycles. The number of carbonyl (C=O) groups is 1. The highest BCUT2D eigenvalue weighted by molar-refractivity contribution is 5.77. The fourth-order valence-electron chi connectivity index (χ4n) is 2.82. The molecule has 1 aromatic carbocycles. The fourth-order valence-corrected chi connectivity index (χ4v) is 2.82. The number of likely N-dealkylation sites (tertiary alicyclic amines) is 1. The number of nitrogens with zero attached hydrogens (tertiary/aromatic N) is 2. The van der Waals surface area contributed by atoms with Crippen LogP contribution >= 0.6 is 0 Å². The summed E-state index contributed by atoms with van der Waals surface area (Å²) in [7, 11) is 0. The number of rotatable bonds is 5. The lowest BCUT2D eigenvalue weighted by atomic mass is 9.96. The molecule has 0 saturated carbocycles. The highest BCUT2D eigenvalue weighted by Crippen LogP contribution is 2.23. The summed E-state index contributed by atoms with van der Waals surface area (Å²) in [6.45, 7) is 4.22. The van der Waals surface area contributed by atoms with Crippen molar-refractivity contribution < 1.29 is 9.53 Å². The lowest BCUT2D eigenvalue weighted by Crippen LogP contribution is -2.32. The third-order valence-corrected chi connectivity index (χ3v) is 4.09. The van der Waals surface area contributed by atoms with Crippen LogP contribution in [0.25, 0.3) is 0 Å². The molecule has 0 spiro atoms. The number of nitriles is 1. The van der Waals surface area contributed by atoms with Crippen molar-refractivity contribution in [3.63, 3.8) is 0 Å². The Morgan fingerprint density at radius 2 is 1.86 bits per heavy atom. The highest BCUT2D eigenvalue weighted by atomic mass is 16.5. The van der Waals surface area contributed by atoms with Crippen molar-refractivity contribution in [1.29, 1.82) is 5.26 Å². The zero-order valence-electron chi connectivity index (χ0n) is 13.3. The van der Waals surface area contributed by atoms with Gasteiger partial charge in [0.25, 0.3) is 0 Å². The van der Waals surface area contributed by atoms with Crippen LogP contribution in [0.5, 0.6) is 5.75 Å². The van der Waals surface area contributed by atoms with Gasteiger partial charge in [0.2, 0.25) is 5.91 Å². The summed E-state index contributed by atoms with van der Waals surface area (Å²) in [5.74, 6) is 0.510. The second-order valence-electron chi connectivity index (χ2n) is 5.68. The van der Waals surface area contributed by atoms with Crippen LogP contribution in [0, 0.1) is 11.3 Å². The van der Waals surface area contributed by atoms with Crippen LogP contribution in [0.2, 0.25) is 0 Å². The summed E-state index contributed by atoms with van der Waals surface area (Å²) < 4.78 is 5.41. The molecule has 1 aromatic rings. The molecule has 22 heavy (non-hydrogen) atoms. The van der Waals surface area contributed by atoms with Crippen LogP contribution in [-0.2, 0) is 4.79 Å². The quantitative estimate of drug-likeness (QED) is 0.836. The maximum absolute atomic E-state index is 12.4. The SMILES string of the molecule is CCOc1ccc(C(C#N)CC(=O)N2CCCCCC2)cc1. The fraction of sp³-hybridized carbons (Fsp3) is 0.556. The first kappa shape index (κ1) is 16.4. The van der Waals surface area contributed by atoms with Crippen LogP contribution in [-0.4, -0.2) is 30.5 Å². The van der Waals surface area contributed by atoms with Gasteiger partial charge in [-0.3, -0.25) is 4.79 Å². The van der Waals surface area contributed by atoms with Crippen LogP contribution in [0.3, 0.4) is 0 Å². The average Bonchev–Trinajstić information content (AvgIpc) is 2.83. The average molecular weight is 300 g/mol. The topological polar surface area (TPSA) is 53.3 Å². The maximum Gasteiger partial charge on any atom is 0.224 e. The van der Waals surface area contributed by atoms with Gasteiger partial charge in [-0.1, -0.05) is 25.0 Å². The standard InChI is InChI=1S/C18H24N2O2/c1-2-22-17-9-7-15(8-10-17)16(14-19)13-18(21)20-11-5-3-4-6-12-20/h7-10,16H,2-6,11-13H2,1H3. The first-order chi connectivity index (χ1) is 10.7. The molecular formula is C18H24N2O2. The van der Waals surface area contributed by atoms with Crippen molar-refractivity contribution in [3.05, 3.63) is 29.8 Å². The zero-order valence-corrected chi connectivity index (χ0v) is 13.3. The van der Waals surface area contributed by atoms with Crippen LogP contribution < -0.4 is 4.74 Å². The number of benzene rings is 1. The lowest BCUT2D eigenvalue weighted by molar-refractivity contribution is -0.131. The van der Waals surface area contributed by atoms with Gasteiger partial charge >= 0.3 is 0 Å². The number of hydrogen-bond acceptors (Lipinski definition) is 3. The van der Waals surface area contributed by atoms with Gasteiger partial charge in [-0.05, 0) is 37.5 Å². The third kappa shape index (κ3) is 4.49. The molecule has 0 aliphatic carbocycles. The predicted molar refractivity (Wildman–Crippen MR) is 85.6 cm³/mol. The predicted octanol–water partition coefficient (Wildman–Crippen LogP) is 3.49. The third-order valence-electron chi connectivity index (χ3n) is 4.09. The van der Waals surface area contributed by atoms with Crippen LogP contribution in [0.1, 0.15) is 50.5 Å². The van der Waals surface area contributed by atoms with Gasteiger partial charge in [0.15, 0.2) is 0 Å². The van der Waals surface area contributed by atoms with E-state index in [1.807, 2.05) is 36.1 Å². The van der Waals surface area contributed by atoms with Crippen molar-refractivity contribution >= 4 is 5.91 Å². The van der Waals surface area contributed by atoms with Crippen LogP contribution in [0.15, 0.2) is 24.3 Å². The molecule has 0 radical (unpaired) electrons. The van der Waals surface area contributed by atoms with Gasteiger partial charge in [-0.2, -0.15) is 5.26 Å². The van der Waals surface area contributed by atoms with E-state index in [0.717, 1.165) is 37.2 Å². The minimum atomic E-state index is -0.383. The van der Waals surface area contributed by atoms with Gasteiger partial charge in [0.1, 0.15) is 5.75 Å². The Labute approximate surface area is 132 Å². The van der Waals surface area contributed by atoms with E-state index in [9.17, 15) is 10.1 Å². The van der Waals surface area contributed by atoms with E-state index in [1.165, 1.54) is 12.8 Å². The summed E-state index contributed by atoms with van der Waals surface area (Å²) in [5.41, 5.74) is 0.883. The minimum Gasteiger partial charge on any atom is -0.494 e. The zero-order chi connectivity index (χ0) is 15.8. The molecule has 4 heteroatoms. The van der Waals surface area contributed by atoms with Gasteiger partial charge in [0, 0.05) is 19.5 Å². The monoisotopic (exact) mass is 300 g/mol. The van der Waals surface area contributed by atoms with Crippen molar-refractivity contribution in [2.24, 2.45) is 0 Å². The smallest absolute Gasteiger partial charge is 0.224 e. The Balaban J connectivity index is 1.98. The van der Waals surface area contributed by atoms with Gasteiger partial charge < -0.3 is 9.64 Å². The molecule has 0 N–H and O–H groups in total. The van der Waals surface area contributed by atoms with Crippen molar-refractivity contribution in [2.45, 2.75) is 44.9 Å². The molecule has 1 unspecified atom stereocenters. The molecule has 1 amide bonds. The van der Waals surface area contributed by atoms with E-state index in [0.29, 0.717) is 6.61 Å². The van der Waals surface area contributed by atoms with Crippen molar-refractivity contribution in [3.8, 4) is 11.8 Å². The molecule has 1 aliphatic rings. The highest BCUT2D eigenvalue weighted by Gasteiger charge is 2.21. The molecule has 1 heterocycles. The Morgan fingerprint density at radius 1 is 1.23 bits per heavy atom. The van der Waals surface area contributed by atoms with Gasteiger partial charge in [-0.15, -0.1) is 0 Å². The number of carbonyl (C=O) groups excluding carboxylic acids is 1. The molecule has 1 fully saturated rings. The molecule has 1 aliphatic heterocycles. The number of ether oxygens (including phenoxy) is 1. The van der Waals surface area contributed by atoms with E-state index >= 15 is 0 Å². The summed E-state index contributed by atoms with van der Waals surface area (Å²) in [6, 6.07) is 9.76. The first-order valence-corrected chi connectivity index (χ1v) is 8.14. The minimum absolute atomic E-state index is 0.0994. The van der Waals surface area contributed by atoms with Gasteiger partial charge in [0.05, 0.1) is 18.6 Å². The van der Waals surface area contributed by atoms with E-state index in [-0.39, 0.29) is 18.2 Å². The Bertz CT molecular complexity index is 511.